The van der Waals surface area contributed by atoms with E-state index < -0.39 is 0 Å². The first-order valence-corrected chi connectivity index (χ1v) is 11.7. The summed E-state index contributed by atoms with van der Waals surface area (Å²) in [5, 5.41) is 6.82. The molecule has 0 aliphatic carbocycles. The Morgan fingerprint density at radius 3 is 2.42 bits per heavy atom. The van der Waals surface area contributed by atoms with E-state index in [0.717, 1.165) is 28.3 Å². The highest BCUT2D eigenvalue weighted by Crippen LogP contribution is 2.30. The van der Waals surface area contributed by atoms with Crippen LogP contribution >= 0.6 is 0 Å². The lowest BCUT2D eigenvalue weighted by atomic mass is 10.1. The number of piperazine rings is 1. The highest BCUT2D eigenvalue weighted by molar-refractivity contribution is 5.92. The topological polar surface area (TPSA) is 97.1 Å². The molecule has 4 rings (SSSR count). The number of hydrogen-bond acceptors (Lipinski definition) is 6. The second kappa shape index (κ2) is 11.4. The largest absolute Gasteiger partial charge is 0.493 e. The van der Waals surface area contributed by atoms with E-state index in [9.17, 15) is 9.59 Å². The van der Waals surface area contributed by atoms with Crippen molar-refractivity contribution in [3.63, 3.8) is 0 Å². The summed E-state index contributed by atoms with van der Waals surface area (Å²) < 4.78 is 16.6. The molecule has 3 amide bonds. The molecule has 2 aromatic carbocycles. The number of urea groups is 1. The highest BCUT2D eigenvalue weighted by Gasteiger charge is 2.23. The predicted octanol–water partition coefficient (Wildman–Crippen LogP) is 4.27. The van der Waals surface area contributed by atoms with Crippen LogP contribution in [0, 0.1) is 13.8 Å². The van der Waals surface area contributed by atoms with Gasteiger partial charge in [-0.15, -0.1) is 0 Å². The van der Waals surface area contributed by atoms with Gasteiger partial charge in [0.2, 0.25) is 5.91 Å². The molecule has 188 valence electrons. The molecule has 1 N–H and O–H groups in total. The monoisotopic (exact) mass is 490 g/mol. The summed E-state index contributed by atoms with van der Waals surface area (Å²) in [6.07, 6.45) is 3.29. The molecule has 0 unspecified atom stereocenters. The number of methoxy groups -OCH3 is 1. The third-order valence-corrected chi connectivity index (χ3v) is 6.06. The number of benzene rings is 2. The molecule has 0 saturated carbocycles. The fourth-order valence-corrected chi connectivity index (χ4v) is 3.89. The van der Waals surface area contributed by atoms with E-state index in [1.54, 1.807) is 29.1 Å². The van der Waals surface area contributed by atoms with Gasteiger partial charge in [0.1, 0.15) is 12.4 Å². The van der Waals surface area contributed by atoms with Crippen LogP contribution < -0.4 is 14.8 Å². The molecular formula is C27H30N4O5. The molecule has 36 heavy (non-hydrogen) atoms. The number of nitrogens with one attached hydrogen (secondary N) is 1. The molecule has 1 aliphatic rings. The fraction of sp³-hybridized carbons (Fsp3) is 0.296. The van der Waals surface area contributed by atoms with E-state index in [1.807, 2.05) is 62.4 Å². The van der Waals surface area contributed by atoms with E-state index in [2.05, 4.69) is 10.5 Å². The fourth-order valence-electron chi connectivity index (χ4n) is 3.89. The first-order chi connectivity index (χ1) is 17.4. The maximum atomic E-state index is 12.7. The van der Waals surface area contributed by atoms with Crippen LogP contribution in [0.4, 0.5) is 10.5 Å². The van der Waals surface area contributed by atoms with E-state index in [4.69, 9.17) is 14.0 Å². The Morgan fingerprint density at radius 2 is 1.75 bits per heavy atom. The molecule has 1 aliphatic heterocycles. The molecule has 2 heterocycles. The summed E-state index contributed by atoms with van der Waals surface area (Å²) in [7, 11) is 1.57. The standard InChI is InChI=1S/C27H30N4O5/c1-19-23(20(2)36-29-19)18-35-24-11-9-21(17-25(24)34-3)10-12-26(32)30-13-15-31(16-14-30)27(33)28-22-7-5-4-6-8-22/h4-12,17H,13-16,18H2,1-3H3,(H,28,33). The lowest BCUT2D eigenvalue weighted by molar-refractivity contribution is -0.127. The number of anilines is 1. The van der Waals surface area contributed by atoms with E-state index >= 15 is 0 Å². The van der Waals surface area contributed by atoms with Crippen LogP contribution in [0.1, 0.15) is 22.6 Å². The molecule has 0 bridgehead atoms. The zero-order chi connectivity index (χ0) is 25.5. The quantitative estimate of drug-likeness (QED) is 0.497. The van der Waals surface area contributed by atoms with Gasteiger partial charge in [0.15, 0.2) is 11.5 Å². The molecule has 1 aromatic heterocycles. The summed E-state index contributed by atoms with van der Waals surface area (Å²) in [6, 6.07) is 14.7. The average molecular weight is 491 g/mol. The van der Waals surface area contributed by atoms with Gasteiger partial charge in [-0.25, -0.2) is 4.79 Å². The molecule has 1 saturated heterocycles. The Kier molecular flexibility index (Phi) is 7.89. The number of nitrogens with zero attached hydrogens (tertiary/aromatic N) is 3. The number of carbonyl (C=O) groups is 2. The first kappa shape index (κ1) is 24.8. The number of ether oxygens (including phenoxy) is 2. The minimum atomic E-state index is -0.160. The van der Waals surface area contributed by atoms with Crippen molar-refractivity contribution in [2.75, 3.05) is 38.6 Å². The van der Waals surface area contributed by atoms with Crippen molar-refractivity contribution in [2.24, 2.45) is 0 Å². The average Bonchev–Trinajstić information content (AvgIpc) is 3.23. The zero-order valence-corrected chi connectivity index (χ0v) is 20.7. The van der Waals surface area contributed by atoms with Gasteiger partial charge in [-0.1, -0.05) is 29.4 Å². The summed E-state index contributed by atoms with van der Waals surface area (Å²) in [5.74, 6) is 1.78. The van der Waals surface area contributed by atoms with Gasteiger partial charge in [0.05, 0.1) is 18.4 Å². The lowest BCUT2D eigenvalue weighted by Gasteiger charge is -2.34. The Morgan fingerprint density at radius 1 is 1.03 bits per heavy atom. The van der Waals surface area contributed by atoms with Crippen molar-refractivity contribution in [1.82, 2.24) is 15.0 Å². The van der Waals surface area contributed by atoms with Crippen LogP contribution in [0.3, 0.4) is 0 Å². The molecular weight excluding hydrogens is 460 g/mol. The minimum absolute atomic E-state index is 0.101. The molecule has 0 spiro atoms. The van der Waals surface area contributed by atoms with Crippen LogP contribution in [0.15, 0.2) is 59.1 Å². The maximum absolute atomic E-state index is 12.7. The molecule has 9 nitrogen and oxygen atoms in total. The Balaban J connectivity index is 1.30. The molecule has 0 atom stereocenters. The number of rotatable bonds is 7. The zero-order valence-electron chi connectivity index (χ0n) is 20.7. The van der Waals surface area contributed by atoms with Gasteiger partial charge in [-0.2, -0.15) is 0 Å². The van der Waals surface area contributed by atoms with E-state index in [-0.39, 0.29) is 11.9 Å². The first-order valence-electron chi connectivity index (χ1n) is 11.7. The van der Waals surface area contributed by atoms with Crippen molar-refractivity contribution in [1.29, 1.82) is 0 Å². The minimum Gasteiger partial charge on any atom is -0.493 e. The molecule has 0 radical (unpaired) electrons. The van der Waals surface area contributed by atoms with E-state index in [0.29, 0.717) is 44.3 Å². The van der Waals surface area contributed by atoms with Crippen LogP contribution in [-0.2, 0) is 11.4 Å². The van der Waals surface area contributed by atoms with Crippen molar-refractivity contribution in [3.8, 4) is 11.5 Å². The number of aryl methyl sites for hydroxylation is 2. The normalized spacial score (nSPS) is 13.6. The number of carbonyl (C=O) groups excluding carboxylic acids is 2. The van der Waals surface area contributed by atoms with Crippen molar-refractivity contribution in [3.05, 3.63) is 77.2 Å². The van der Waals surface area contributed by atoms with Gasteiger partial charge >= 0.3 is 6.03 Å². The van der Waals surface area contributed by atoms with Crippen molar-refractivity contribution < 1.29 is 23.6 Å². The van der Waals surface area contributed by atoms with Gasteiger partial charge in [-0.3, -0.25) is 4.79 Å². The Hall–Kier alpha value is -4.27. The van der Waals surface area contributed by atoms with Crippen LogP contribution in [-0.4, -0.2) is 60.2 Å². The molecule has 9 heteroatoms. The summed E-state index contributed by atoms with van der Waals surface area (Å²) in [6.45, 7) is 5.94. The summed E-state index contributed by atoms with van der Waals surface area (Å²) in [5.41, 5.74) is 3.26. The van der Waals surface area contributed by atoms with Gasteiger partial charge in [0.25, 0.3) is 0 Å². The van der Waals surface area contributed by atoms with E-state index in [1.165, 1.54) is 0 Å². The van der Waals surface area contributed by atoms with Crippen LogP contribution in [0.25, 0.3) is 6.08 Å². The highest BCUT2D eigenvalue weighted by atomic mass is 16.5. The van der Waals surface area contributed by atoms with Crippen LogP contribution in [0.5, 0.6) is 11.5 Å². The second-order valence-electron chi connectivity index (χ2n) is 8.44. The molecule has 3 aromatic rings. The lowest BCUT2D eigenvalue weighted by Crippen LogP contribution is -2.51. The number of para-hydroxylation sites is 1. The maximum Gasteiger partial charge on any atom is 0.321 e. The summed E-state index contributed by atoms with van der Waals surface area (Å²) in [4.78, 5) is 28.6. The number of hydrogen-bond donors (Lipinski definition) is 1. The van der Waals surface area contributed by atoms with Crippen molar-refractivity contribution >= 4 is 23.7 Å². The van der Waals surface area contributed by atoms with Gasteiger partial charge in [-0.05, 0) is 49.8 Å². The van der Waals surface area contributed by atoms with Gasteiger partial charge in [0, 0.05) is 37.9 Å². The van der Waals surface area contributed by atoms with Gasteiger partial charge < -0.3 is 29.1 Å². The third kappa shape index (κ3) is 6.04. The Bertz CT molecular complexity index is 1210. The Labute approximate surface area is 210 Å². The van der Waals surface area contributed by atoms with Crippen molar-refractivity contribution in [2.45, 2.75) is 20.5 Å². The molecule has 1 fully saturated rings. The third-order valence-electron chi connectivity index (χ3n) is 6.06. The summed E-state index contributed by atoms with van der Waals surface area (Å²) >= 11 is 0. The van der Waals surface area contributed by atoms with Crippen LogP contribution in [0.2, 0.25) is 0 Å². The SMILES string of the molecule is COc1cc(C=CC(=O)N2CCN(C(=O)Nc3ccccc3)CC2)ccc1OCc1c(C)noc1C. The number of aromatic nitrogens is 1. The predicted molar refractivity (Wildman–Crippen MR) is 136 cm³/mol. The smallest absolute Gasteiger partial charge is 0.321 e. The number of amides is 3. The second-order valence-corrected chi connectivity index (χ2v) is 8.44.